The Hall–Kier alpha value is -2.92. The second-order valence-electron chi connectivity index (χ2n) is 5.32. The van der Waals surface area contributed by atoms with E-state index in [1.165, 1.54) is 25.1 Å². The maximum Gasteiger partial charge on any atom is 0.453 e. The van der Waals surface area contributed by atoms with E-state index < -0.39 is 30.2 Å². The molecule has 0 aliphatic heterocycles. The Morgan fingerprint density at radius 2 is 1.85 bits per heavy atom. The average Bonchev–Trinajstić information content (AvgIpc) is 3.00. The van der Waals surface area contributed by atoms with Crippen molar-refractivity contribution >= 4 is 17.9 Å². The van der Waals surface area contributed by atoms with E-state index in [0.29, 0.717) is 10.1 Å². The second kappa shape index (κ2) is 7.37. The summed E-state index contributed by atoms with van der Waals surface area (Å²) >= 11 is 0. The van der Waals surface area contributed by atoms with Crippen LogP contribution in [0.4, 0.5) is 26.3 Å². The van der Waals surface area contributed by atoms with Gasteiger partial charge in [0.05, 0.1) is 5.69 Å². The second-order valence-corrected chi connectivity index (χ2v) is 5.32. The number of hydrogen-bond acceptors (Lipinski definition) is 5. The molecule has 12 heteroatoms. The summed E-state index contributed by atoms with van der Waals surface area (Å²) in [5.41, 5.74) is 0.352. The van der Waals surface area contributed by atoms with Gasteiger partial charge in [0.1, 0.15) is 0 Å². The highest BCUT2D eigenvalue weighted by atomic mass is 19.4. The minimum Gasteiger partial charge on any atom is -0.465 e. The summed E-state index contributed by atoms with van der Waals surface area (Å²) in [5.74, 6) is -1.70. The van der Waals surface area contributed by atoms with Gasteiger partial charge in [-0.25, -0.2) is 4.99 Å². The van der Waals surface area contributed by atoms with Gasteiger partial charge in [0.15, 0.2) is 11.8 Å². The van der Waals surface area contributed by atoms with Gasteiger partial charge in [0.2, 0.25) is 5.88 Å². The maximum atomic E-state index is 12.9. The third-order valence-corrected chi connectivity index (χ3v) is 3.31. The molecule has 2 aromatic rings. The van der Waals surface area contributed by atoms with E-state index in [-0.39, 0.29) is 11.3 Å². The standard InChI is InChI=1S/C15H13F6N5O/c1-8(4-7-12(22-3)27-9(2)14(16,17)18)10-5-6-11-23-24-13(15(19,20)21)26(11)25-10/h4-7,9H,3H2,1-2H3/b8-4+,12-7+/t9-/m0/s1. The van der Waals surface area contributed by atoms with Crippen LogP contribution < -0.4 is 0 Å². The van der Waals surface area contributed by atoms with Gasteiger partial charge in [-0.2, -0.15) is 36.0 Å². The van der Waals surface area contributed by atoms with E-state index in [2.05, 4.69) is 31.7 Å². The fourth-order valence-electron chi connectivity index (χ4n) is 1.83. The zero-order chi connectivity index (χ0) is 20.4. The number of rotatable bonds is 5. The zero-order valence-electron chi connectivity index (χ0n) is 14.0. The summed E-state index contributed by atoms with van der Waals surface area (Å²) in [4.78, 5) is 3.35. The molecular formula is C15H13F6N5O. The number of aromatic nitrogens is 4. The van der Waals surface area contributed by atoms with Crippen molar-refractivity contribution in [1.82, 2.24) is 19.8 Å². The average molecular weight is 393 g/mol. The summed E-state index contributed by atoms with van der Waals surface area (Å²) in [6, 6.07) is 2.67. The molecule has 0 fully saturated rings. The molecule has 0 N–H and O–H groups in total. The summed E-state index contributed by atoms with van der Waals surface area (Å²) < 4.78 is 81.4. The van der Waals surface area contributed by atoms with Crippen LogP contribution in [0.5, 0.6) is 0 Å². The van der Waals surface area contributed by atoms with E-state index in [1.807, 2.05) is 0 Å². The first kappa shape index (κ1) is 20.4. The molecule has 1 atom stereocenters. The lowest BCUT2D eigenvalue weighted by Crippen LogP contribution is -2.27. The van der Waals surface area contributed by atoms with Crippen LogP contribution in [0.3, 0.4) is 0 Å². The van der Waals surface area contributed by atoms with Gasteiger partial charge in [-0.1, -0.05) is 6.08 Å². The van der Waals surface area contributed by atoms with Crippen LogP contribution in [0.1, 0.15) is 25.4 Å². The van der Waals surface area contributed by atoms with Crippen molar-refractivity contribution in [1.29, 1.82) is 0 Å². The first-order valence-corrected chi connectivity index (χ1v) is 7.32. The molecular weight excluding hydrogens is 380 g/mol. The molecule has 0 unspecified atom stereocenters. The van der Waals surface area contributed by atoms with Crippen molar-refractivity contribution in [3.8, 4) is 0 Å². The fraction of sp³-hybridized carbons (Fsp3) is 0.333. The van der Waals surface area contributed by atoms with Crippen LogP contribution in [0, 0.1) is 0 Å². The first-order chi connectivity index (χ1) is 12.4. The molecule has 0 aliphatic rings. The van der Waals surface area contributed by atoms with Gasteiger partial charge in [-0.15, -0.1) is 10.2 Å². The van der Waals surface area contributed by atoms with Gasteiger partial charge in [-0.3, -0.25) is 0 Å². The summed E-state index contributed by atoms with van der Waals surface area (Å²) in [6.07, 6.45) is -9.04. The van der Waals surface area contributed by atoms with Crippen LogP contribution in [0.2, 0.25) is 0 Å². The summed E-state index contributed by atoms with van der Waals surface area (Å²) in [5, 5.41) is 10.2. The number of alkyl halides is 6. The van der Waals surface area contributed by atoms with Crippen molar-refractivity contribution in [2.75, 3.05) is 0 Å². The van der Waals surface area contributed by atoms with Gasteiger partial charge >= 0.3 is 12.4 Å². The highest BCUT2D eigenvalue weighted by Gasteiger charge is 2.38. The Kier molecular flexibility index (Phi) is 5.56. The van der Waals surface area contributed by atoms with Gasteiger partial charge in [0.25, 0.3) is 5.82 Å². The normalized spacial score (nSPS) is 15.1. The van der Waals surface area contributed by atoms with Gasteiger partial charge < -0.3 is 4.74 Å². The molecule has 27 heavy (non-hydrogen) atoms. The topological polar surface area (TPSA) is 64.7 Å². The predicted molar refractivity (Wildman–Crippen MR) is 83.7 cm³/mol. The van der Waals surface area contributed by atoms with E-state index in [4.69, 9.17) is 0 Å². The third-order valence-electron chi connectivity index (χ3n) is 3.31. The first-order valence-electron chi connectivity index (χ1n) is 7.32. The number of aliphatic imine (C=N–C) groups is 1. The summed E-state index contributed by atoms with van der Waals surface area (Å²) in [7, 11) is 0. The molecule has 0 aliphatic carbocycles. The maximum absolute atomic E-state index is 12.9. The third kappa shape index (κ3) is 4.83. The SMILES string of the molecule is C=N/C(=C\C=C(/C)c1ccc2nnc(C(F)(F)F)n2n1)O[C@@H](C)C(F)(F)F. The van der Waals surface area contributed by atoms with Crippen LogP contribution in [0.15, 0.2) is 35.2 Å². The molecule has 0 saturated heterocycles. The number of fused-ring (bicyclic) bond motifs is 1. The highest BCUT2D eigenvalue weighted by molar-refractivity contribution is 5.63. The van der Waals surface area contributed by atoms with Crippen molar-refractivity contribution in [3.63, 3.8) is 0 Å². The molecule has 2 heterocycles. The Labute approximate surface area is 148 Å². The van der Waals surface area contributed by atoms with Gasteiger partial charge in [-0.05, 0) is 38.3 Å². The lowest BCUT2D eigenvalue weighted by atomic mass is 10.2. The Bertz CT molecular complexity index is 896. The van der Waals surface area contributed by atoms with Crippen LogP contribution in [0.25, 0.3) is 11.2 Å². The van der Waals surface area contributed by atoms with E-state index in [1.54, 1.807) is 0 Å². The smallest absolute Gasteiger partial charge is 0.453 e. The predicted octanol–water partition coefficient (Wildman–Crippen LogP) is 4.06. The molecule has 0 spiro atoms. The molecule has 2 aromatic heterocycles. The van der Waals surface area contributed by atoms with Crippen molar-refractivity contribution in [2.45, 2.75) is 32.3 Å². The lowest BCUT2D eigenvalue weighted by Gasteiger charge is -2.17. The van der Waals surface area contributed by atoms with E-state index in [0.717, 1.165) is 13.0 Å². The van der Waals surface area contributed by atoms with Gasteiger partial charge in [0, 0.05) is 6.08 Å². The largest absolute Gasteiger partial charge is 0.465 e. The number of nitrogens with zero attached hydrogens (tertiary/aromatic N) is 5. The number of ether oxygens (including phenoxy) is 1. The van der Waals surface area contributed by atoms with Crippen LogP contribution in [-0.2, 0) is 10.9 Å². The van der Waals surface area contributed by atoms with E-state index in [9.17, 15) is 26.3 Å². The number of halogens is 6. The molecule has 0 radical (unpaired) electrons. The minimum absolute atomic E-state index is 0.106. The number of hydrogen-bond donors (Lipinski definition) is 0. The highest BCUT2D eigenvalue weighted by Crippen LogP contribution is 2.28. The Morgan fingerprint density at radius 1 is 1.19 bits per heavy atom. The minimum atomic E-state index is -4.75. The zero-order valence-corrected chi connectivity index (χ0v) is 14.0. The summed E-state index contributed by atoms with van der Waals surface area (Å²) in [6.45, 7) is 5.42. The molecule has 6 nitrogen and oxygen atoms in total. The molecule has 0 aromatic carbocycles. The van der Waals surface area contributed by atoms with Crippen molar-refractivity contribution in [2.24, 2.45) is 4.99 Å². The monoisotopic (exact) mass is 393 g/mol. The molecule has 146 valence electrons. The van der Waals surface area contributed by atoms with Crippen LogP contribution in [-0.4, -0.2) is 38.8 Å². The molecule has 0 saturated carbocycles. The van der Waals surface area contributed by atoms with Crippen LogP contribution >= 0.6 is 0 Å². The Balaban J connectivity index is 2.32. The van der Waals surface area contributed by atoms with E-state index >= 15 is 0 Å². The Morgan fingerprint density at radius 3 is 2.41 bits per heavy atom. The number of allylic oxidation sites excluding steroid dienone is 3. The quantitative estimate of drug-likeness (QED) is 0.333. The molecule has 0 amide bonds. The lowest BCUT2D eigenvalue weighted by molar-refractivity contribution is -0.203. The van der Waals surface area contributed by atoms with Crippen molar-refractivity contribution < 1.29 is 31.1 Å². The van der Waals surface area contributed by atoms with Crippen molar-refractivity contribution in [3.05, 3.63) is 41.7 Å². The molecule has 0 bridgehead atoms. The molecule has 2 rings (SSSR count). The fourth-order valence-corrected chi connectivity index (χ4v) is 1.83.